The zero-order valence-corrected chi connectivity index (χ0v) is 13.6. The van der Waals surface area contributed by atoms with Crippen LogP contribution < -0.4 is 0 Å². The predicted molar refractivity (Wildman–Crippen MR) is 89.6 cm³/mol. The van der Waals surface area contributed by atoms with Crippen molar-refractivity contribution in [2.24, 2.45) is 0 Å². The van der Waals surface area contributed by atoms with E-state index in [0.717, 1.165) is 24.0 Å². The van der Waals surface area contributed by atoms with Gasteiger partial charge in [-0.15, -0.1) is 0 Å². The maximum atomic E-state index is 10.7. The zero-order chi connectivity index (χ0) is 15.5. The summed E-state index contributed by atoms with van der Waals surface area (Å²) in [6.07, 6.45) is 1.50. The average molecular weight is 282 g/mol. The molecule has 0 bridgehead atoms. The first-order valence-electron chi connectivity index (χ1n) is 7.86. The molecule has 0 aromatic heterocycles. The summed E-state index contributed by atoms with van der Waals surface area (Å²) >= 11 is 0. The maximum absolute atomic E-state index is 10.7. The molecular weight excluding hydrogens is 256 g/mol. The van der Waals surface area contributed by atoms with Gasteiger partial charge in [0.2, 0.25) is 0 Å². The van der Waals surface area contributed by atoms with E-state index in [0.29, 0.717) is 0 Å². The second kappa shape index (κ2) is 6.44. The van der Waals surface area contributed by atoms with Crippen molar-refractivity contribution in [3.8, 4) is 0 Å². The van der Waals surface area contributed by atoms with Crippen molar-refractivity contribution < 1.29 is 5.11 Å². The number of rotatable bonds is 5. The Kier molecular flexibility index (Phi) is 4.84. The number of aliphatic hydroxyl groups is 1. The first-order valence-corrected chi connectivity index (χ1v) is 7.86. The molecule has 0 heterocycles. The second-order valence-corrected chi connectivity index (χ2v) is 6.31. The second-order valence-electron chi connectivity index (χ2n) is 6.31. The van der Waals surface area contributed by atoms with Crippen LogP contribution in [0.15, 0.2) is 48.5 Å². The van der Waals surface area contributed by atoms with Crippen molar-refractivity contribution in [2.75, 3.05) is 0 Å². The number of benzene rings is 2. The van der Waals surface area contributed by atoms with Gasteiger partial charge in [-0.1, -0.05) is 76.2 Å². The molecule has 1 nitrogen and oxygen atoms in total. The van der Waals surface area contributed by atoms with Gasteiger partial charge in [-0.2, -0.15) is 0 Å². The summed E-state index contributed by atoms with van der Waals surface area (Å²) in [5.41, 5.74) is 4.70. The lowest BCUT2D eigenvalue weighted by Crippen LogP contribution is -2.15. The summed E-state index contributed by atoms with van der Waals surface area (Å²) in [6, 6.07) is 16.6. The van der Waals surface area contributed by atoms with Crippen LogP contribution in [0.4, 0.5) is 0 Å². The molecule has 1 atom stereocenters. The number of hydrogen-bond donors (Lipinski definition) is 1. The standard InChI is InChI=1S/C20H26O/c1-5-15-9-7-8-10-18(15)19(21)16-11-13-17(14-12-16)20(3,4)6-2/h7-14,19,21H,5-6H2,1-4H3. The van der Waals surface area contributed by atoms with Crippen LogP contribution in [0.25, 0.3) is 0 Å². The molecule has 0 radical (unpaired) electrons. The molecule has 0 aliphatic rings. The Bertz CT molecular complexity index is 581. The normalized spacial score (nSPS) is 13.2. The summed E-state index contributed by atoms with van der Waals surface area (Å²) in [5.74, 6) is 0. The fourth-order valence-corrected chi connectivity index (χ4v) is 2.62. The molecule has 2 aromatic rings. The van der Waals surface area contributed by atoms with E-state index >= 15 is 0 Å². The van der Waals surface area contributed by atoms with Gasteiger partial charge < -0.3 is 5.11 Å². The summed E-state index contributed by atoms with van der Waals surface area (Å²) in [5, 5.41) is 10.7. The number of hydrogen-bond acceptors (Lipinski definition) is 1. The van der Waals surface area contributed by atoms with E-state index in [1.54, 1.807) is 0 Å². The van der Waals surface area contributed by atoms with Crippen LogP contribution >= 0.6 is 0 Å². The van der Waals surface area contributed by atoms with Crippen LogP contribution in [0.1, 0.15) is 62.5 Å². The third-order valence-electron chi connectivity index (χ3n) is 4.62. The zero-order valence-electron chi connectivity index (χ0n) is 13.6. The molecule has 21 heavy (non-hydrogen) atoms. The average Bonchev–Trinajstić information content (AvgIpc) is 2.54. The smallest absolute Gasteiger partial charge is 0.104 e. The molecule has 0 aliphatic heterocycles. The molecule has 112 valence electrons. The minimum Gasteiger partial charge on any atom is -0.384 e. The van der Waals surface area contributed by atoms with Crippen LogP contribution in [0.3, 0.4) is 0 Å². The molecule has 2 aromatic carbocycles. The fourth-order valence-electron chi connectivity index (χ4n) is 2.62. The monoisotopic (exact) mass is 282 g/mol. The minimum atomic E-state index is -0.542. The lowest BCUT2D eigenvalue weighted by molar-refractivity contribution is 0.219. The van der Waals surface area contributed by atoms with Crippen LogP contribution in [0.2, 0.25) is 0 Å². The van der Waals surface area contributed by atoms with Gasteiger partial charge in [-0.05, 0) is 40.5 Å². The predicted octanol–water partition coefficient (Wildman–Crippen LogP) is 5.02. The van der Waals surface area contributed by atoms with E-state index in [2.05, 4.69) is 58.0 Å². The van der Waals surface area contributed by atoms with Crippen molar-refractivity contribution in [3.05, 3.63) is 70.8 Å². The third kappa shape index (κ3) is 3.36. The first kappa shape index (κ1) is 15.8. The van der Waals surface area contributed by atoms with Crippen molar-refractivity contribution in [2.45, 2.75) is 52.1 Å². The summed E-state index contributed by atoms with van der Waals surface area (Å²) in [7, 11) is 0. The van der Waals surface area contributed by atoms with Crippen LogP contribution in [-0.4, -0.2) is 5.11 Å². The van der Waals surface area contributed by atoms with Gasteiger partial charge in [0.1, 0.15) is 6.10 Å². The van der Waals surface area contributed by atoms with Gasteiger partial charge in [0.25, 0.3) is 0 Å². The van der Waals surface area contributed by atoms with Gasteiger partial charge in [0.05, 0.1) is 0 Å². The Morgan fingerprint density at radius 1 is 0.952 bits per heavy atom. The third-order valence-corrected chi connectivity index (χ3v) is 4.62. The van der Waals surface area contributed by atoms with E-state index in [1.807, 2.05) is 18.2 Å². The minimum absolute atomic E-state index is 0.185. The SMILES string of the molecule is CCc1ccccc1C(O)c1ccc(C(C)(C)CC)cc1. The van der Waals surface area contributed by atoms with Crippen LogP contribution in [-0.2, 0) is 11.8 Å². The van der Waals surface area contributed by atoms with Gasteiger partial charge in [-0.3, -0.25) is 0 Å². The highest BCUT2D eigenvalue weighted by Crippen LogP contribution is 2.30. The van der Waals surface area contributed by atoms with Gasteiger partial charge in [0.15, 0.2) is 0 Å². The molecule has 1 unspecified atom stereocenters. The highest BCUT2D eigenvalue weighted by molar-refractivity contribution is 5.37. The van der Waals surface area contributed by atoms with E-state index < -0.39 is 6.10 Å². The molecule has 1 heteroatoms. The van der Waals surface area contributed by atoms with Crippen molar-refractivity contribution >= 4 is 0 Å². The molecule has 0 fully saturated rings. The Morgan fingerprint density at radius 2 is 1.57 bits per heavy atom. The highest BCUT2D eigenvalue weighted by atomic mass is 16.3. The van der Waals surface area contributed by atoms with Gasteiger partial charge >= 0.3 is 0 Å². The Labute approximate surface area is 128 Å². The molecular formula is C20H26O. The number of aliphatic hydroxyl groups excluding tert-OH is 1. The Hall–Kier alpha value is -1.60. The highest BCUT2D eigenvalue weighted by Gasteiger charge is 2.19. The van der Waals surface area contributed by atoms with Crippen molar-refractivity contribution in [1.29, 1.82) is 0 Å². The lowest BCUT2D eigenvalue weighted by atomic mass is 9.81. The van der Waals surface area contributed by atoms with Gasteiger partial charge in [0, 0.05) is 0 Å². The maximum Gasteiger partial charge on any atom is 0.104 e. The summed E-state index contributed by atoms with van der Waals surface area (Å²) in [6.45, 7) is 8.84. The molecule has 0 saturated carbocycles. The Morgan fingerprint density at radius 3 is 2.14 bits per heavy atom. The van der Waals surface area contributed by atoms with Crippen molar-refractivity contribution in [1.82, 2.24) is 0 Å². The van der Waals surface area contributed by atoms with E-state index in [4.69, 9.17) is 0 Å². The molecule has 0 amide bonds. The molecule has 2 rings (SSSR count). The van der Waals surface area contributed by atoms with E-state index in [9.17, 15) is 5.11 Å². The van der Waals surface area contributed by atoms with Crippen molar-refractivity contribution in [3.63, 3.8) is 0 Å². The van der Waals surface area contributed by atoms with Gasteiger partial charge in [-0.25, -0.2) is 0 Å². The number of aryl methyl sites for hydroxylation is 1. The van der Waals surface area contributed by atoms with E-state index in [-0.39, 0.29) is 5.41 Å². The lowest BCUT2D eigenvalue weighted by Gasteiger charge is -2.24. The Balaban J connectivity index is 2.30. The van der Waals surface area contributed by atoms with Crippen LogP contribution in [0.5, 0.6) is 0 Å². The molecule has 0 saturated heterocycles. The molecule has 0 spiro atoms. The topological polar surface area (TPSA) is 20.2 Å². The summed E-state index contributed by atoms with van der Waals surface area (Å²) < 4.78 is 0. The fraction of sp³-hybridized carbons (Fsp3) is 0.400. The quantitative estimate of drug-likeness (QED) is 0.816. The first-order chi connectivity index (χ1) is 9.99. The molecule has 1 N–H and O–H groups in total. The summed E-state index contributed by atoms with van der Waals surface area (Å²) in [4.78, 5) is 0. The largest absolute Gasteiger partial charge is 0.384 e. The molecule has 0 aliphatic carbocycles. The van der Waals surface area contributed by atoms with Crippen LogP contribution in [0, 0.1) is 0 Å². The van der Waals surface area contributed by atoms with E-state index in [1.165, 1.54) is 11.1 Å².